The van der Waals surface area contributed by atoms with Crippen molar-refractivity contribution >= 4 is 5.78 Å². The molecule has 0 spiro atoms. The summed E-state index contributed by atoms with van der Waals surface area (Å²) in [4.78, 5) is 11.9. The van der Waals surface area contributed by atoms with Gasteiger partial charge in [0.2, 0.25) is 6.29 Å². The number of benzene rings is 1. The average molecular weight is 340 g/mol. The first-order chi connectivity index (χ1) is 11.5. The first-order valence-electron chi connectivity index (χ1n) is 8.08. The molecule has 1 heterocycles. The van der Waals surface area contributed by atoms with Crippen LogP contribution in [-0.4, -0.2) is 63.5 Å². The van der Waals surface area contributed by atoms with Gasteiger partial charge in [0, 0.05) is 12.0 Å². The molecule has 0 bridgehead atoms. The molecule has 0 aliphatic carbocycles. The van der Waals surface area contributed by atoms with E-state index in [1.54, 1.807) is 24.3 Å². The summed E-state index contributed by atoms with van der Waals surface area (Å²) in [6.07, 6.45) is -4.37. The Hall–Kier alpha value is -1.51. The fourth-order valence-corrected chi connectivity index (χ4v) is 2.50. The molecule has 1 aromatic carbocycles. The third kappa shape index (κ3) is 4.31. The van der Waals surface area contributed by atoms with Gasteiger partial charge >= 0.3 is 0 Å². The van der Waals surface area contributed by atoms with Gasteiger partial charge in [-0.3, -0.25) is 4.79 Å². The largest absolute Gasteiger partial charge is 0.462 e. The Bertz CT molecular complexity index is 528. The topological polar surface area (TPSA) is 116 Å². The lowest BCUT2D eigenvalue weighted by Crippen LogP contribution is -2.60. The van der Waals surface area contributed by atoms with Crippen molar-refractivity contribution in [3.63, 3.8) is 0 Å². The molecular formula is C17H24O7. The molecule has 1 saturated heterocycles. The summed E-state index contributed by atoms with van der Waals surface area (Å²) >= 11 is 0. The highest BCUT2D eigenvalue weighted by Gasteiger charge is 2.44. The lowest BCUT2D eigenvalue weighted by atomic mass is 9.99. The number of hydrogen-bond acceptors (Lipinski definition) is 7. The van der Waals surface area contributed by atoms with Crippen LogP contribution in [0.25, 0.3) is 0 Å². The SMILES string of the molecule is CCCCC(=O)c1ccc(O[C@@H]2O[C@H](CO)[C@@H](O)[C@@H](O)[C@H]2O)cc1. The summed E-state index contributed by atoms with van der Waals surface area (Å²) in [6.45, 7) is 1.50. The maximum absolute atomic E-state index is 11.9. The Morgan fingerprint density at radius 2 is 1.79 bits per heavy atom. The zero-order valence-corrected chi connectivity index (χ0v) is 13.5. The Balaban J connectivity index is 2.01. The van der Waals surface area contributed by atoms with Gasteiger partial charge in [0.05, 0.1) is 6.61 Å². The minimum absolute atomic E-state index is 0.0521. The predicted molar refractivity (Wildman–Crippen MR) is 84.7 cm³/mol. The van der Waals surface area contributed by atoms with E-state index in [9.17, 15) is 20.1 Å². The lowest BCUT2D eigenvalue weighted by Gasteiger charge is -2.39. The van der Waals surface area contributed by atoms with Gasteiger partial charge in [-0.05, 0) is 30.7 Å². The van der Waals surface area contributed by atoms with E-state index in [0.717, 1.165) is 12.8 Å². The Kier molecular flexibility index (Phi) is 6.70. The van der Waals surface area contributed by atoms with Gasteiger partial charge in [-0.2, -0.15) is 0 Å². The standard InChI is InChI=1S/C17H24O7/c1-2-3-4-12(19)10-5-7-11(8-6-10)23-17-16(22)15(21)14(20)13(9-18)24-17/h5-8,13-18,20-22H,2-4,9H2,1H3/t13-,14-,15-,16-,17-/m1/s1. The van der Waals surface area contributed by atoms with Crippen molar-refractivity contribution in [2.45, 2.75) is 56.9 Å². The average Bonchev–Trinajstić information content (AvgIpc) is 2.60. The second-order valence-electron chi connectivity index (χ2n) is 5.87. The van der Waals surface area contributed by atoms with Crippen LogP contribution < -0.4 is 4.74 Å². The van der Waals surface area contributed by atoms with Crippen molar-refractivity contribution in [3.05, 3.63) is 29.8 Å². The van der Waals surface area contributed by atoms with Crippen LogP contribution in [0.1, 0.15) is 36.5 Å². The van der Waals surface area contributed by atoms with Crippen LogP contribution in [0.3, 0.4) is 0 Å². The van der Waals surface area contributed by atoms with Crippen LogP contribution in [0, 0.1) is 0 Å². The van der Waals surface area contributed by atoms with E-state index in [2.05, 4.69) is 0 Å². The normalized spacial score (nSPS) is 30.1. The zero-order chi connectivity index (χ0) is 17.7. The highest BCUT2D eigenvalue weighted by molar-refractivity contribution is 5.96. The van der Waals surface area contributed by atoms with Gasteiger partial charge in [0.25, 0.3) is 0 Å². The molecule has 5 atom stereocenters. The van der Waals surface area contributed by atoms with E-state index in [4.69, 9.17) is 14.6 Å². The number of Topliss-reactive ketones (excluding diaryl/α,β-unsaturated/α-hetero) is 1. The summed E-state index contributed by atoms with van der Waals surface area (Å²) in [7, 11) is 0. The molecule has 0 radical (unpaired) electrons. The third-order valence-electron chi connectivity index (χ3n) is 4.03. The molecule has 7 heteroatoms. The molecule has 4 N–H and O–H groups in total. The second kappa shape index (κ2) is 8.55. The second-order valence-corrected chi connectivity index (χ2v) is 5.87. The van der Waals surface area contributed by atoms with Crippen LogP contribution in [0.2, 0.25) is 0 Å². The van der Waals surface area contributed by atoms with Gasteiger partial charge < -0.3 is 29.9 Å². The van der Waals surface area contributed by atoms with E-state index < -0.39 is 37.3 Å². The number of aliphatic hydroxyl groups is 4. The number of carbonyl (C=O) groups is 1. The quantitative estimate of drug-likeness (QED) is 0.525. The molecule has 134 valence electrons. The van der Waals surface area contributed by atoms with E-state index >= 15 is 0 Å². The van der Waals surface area contributed by atoms with Gasteiger partial charge in [0.1, 0.15) is 30.2 Å². The molecule has 2 rings (SSSR count). The first kappa shape index (κ1) is 18.8. The highest BCUT2D eigenvalue weighted by atomic mass is 16.7. The number of carbonyl (C=O) groups excluding carboxylic acids is 1. The number of ketones is 1. The van der Waals surface area contributed by atoms with Gasteiger partial charge in [-0.25, -0.2) is 0 Å². The van der Waals surface area contributed by atoms with E-state index in [-0.39, 0.29) is 5.78 Å². The highest BCUT2D eigenvalue weighted by Crippen LogP contribution is 2.24. The summed E-state index contributed by atoms with van der Waals surface area (Å²) in [5, 5.41) is 38.5. The van der Waals surface area contributed by atoms with E-state index in [1.807, 2.05) is 6.92 Å². The monoisotopic (exact) mass is 340 g/mol. The summed E-state index contributed by atoms with van der Waals surface area (Å²) < 4.78 is 10.7. The molecule has 0 saturated carbocycles. The van der Waals surface area contributed by atoms with Crippen molar-refractivity contribution in [3.8, 4) is 5.75 Å². The molecule has 1 fully saturated rings. The molecule has 1 aliphatic rings. The van der Waals surface area contributed by atoms with Crippen LogP contribution in [0.4, 0.5) is 0 Å². The number of rotatable bonds is 7. The molecule has 7 nitrogen and oxygen atoms in total. The summed E-state index contributed by atoms with van der Waals surface area (Å²) in [5.41, 5.74) is 0.574. The molecule has 1 aromatic rings. The van der Waals surface area contributed by atoms with Crippen molar-refractivity contribution < 1.29 is 34.7 Å². The fourth-order valence-electron chi connectivity index (χ4n) is 2.50. The van der Waals surface area contributed by atoms with E-state index in [0.29, 0.717) is 17.7 Å². The van der Waals surface area contributed by atoms with Crippen LogP contribution in [-0.2, 0) is 4.74 Å². The summed E-state index contributed by atoms with van der Waals surface area (Å²) in [6, 6.07) is 6.38. The third-order valence-corrected chi connectivity index (χ3v) is 4.03. The van der Waals surface area contributed by atoms with Crippen molar-refractivity contribution in [1.29, 1.82) is 0 Å². The lowest BCUT2D eigenvalue weighted by molar-refractivity contribution is -0.277. The zero-order valence-electron chi connectivity index (χ0n) is 13.5. The van der Waals surface area contributed by atoms with Crippen LogP contribution >= 0.6 is 0 Å². The van der Waals surface area contributed by atoms with Crippen LogP contribution in [0.15, 0.2) is 24.3 Å². The maximum atomic E-state index is 11.9. The number of ether oxygens (including phenoxy) is 2. The summed E-state index contributed by atoms with van der Waals surface area (Å²) in [5.74, 6) is 0.391. The Labute approximate surface area is 140 Å². The van der Waals surface area contributed by atoms with E-state index in [1.165, 1.54) is 0 Å². The minimum atomic E-state index is -1.49. The predicted octanol–water partition coefficient (Wildman–Crippen LogP) is 0.238. The fraction of sp³-hybridized carbons (Fsp3) is 0.588. The number of unbranched alkanes of at least 4 members (excludes halogenated alkanes) is 1. The smallest absolute Gasteiger partial charge is 0.229 e. The Morgan fingerprint density at radius 1 is 1.12 bits per heavy atom. The molecule has 0 aromatic heterocycles. The Morgan fingerprint density at radius 3 is 2.38 bits per heavy atom. The molecule has 0 unspecified atom stereocenters. The number of aliphatic hydroxyl groups excluding tert-OH is 4. The van der Waals surface area contributed by atoms with Gasteiger partial charge in [0.15, 0.2) is 5.78 Å². The van der Waals surface area contributed by atoms with Crippen LogP contribution in [0.5, 0.6) is 5.75 Å². The molecule has 0 amide bonds. The number of hydrogen-bond donors (Lipinski definition) is 4. The molecule has 1 aliphatic heterocycles. The molecule has 24 heavy (non-hydrogen) atoms. The van der Waals surface area contributed by atoms with Gasteiger partial charge in [-0.1, -0.05) is 13.3 Å². The van der Waals surface area contributed by atoms with Gasteiger partial charge in [-0.15, -0.1) is 0 Å². The van der Waals surface area contributed by atoms with Crippen molar-refractivity contribution in [1.82, 2.24) is 0 Å². The minimum Gasteiger partial charge on any atom is -0.462 e. The first-order valence-corrected chi connectivity index (χ1v) is 8.08. The molecular weight excluding hydrogens is 316 g/mol. The maximum Gasteiger partial charge on any atom is 0.229 e. The van der Waals surface area contributed by atoms with Crippen molar-refractivity contribution in [2.24, 2.45) is 0 Å². The van der Waals surface area contributed by atoms with Crippen molar-refractivity contribution in [2.75, 3.05) is 6.61 Å².